The Morgan fingerprint density at radius 2 is 1.11 bits per heavy atom. The van der Waals surface area contributed by atoms with E-state index < -0.39 is 22.2 Å². The van der Waals surface area contributed by atoms with Crippen LogP contribution in [-0.2, 0) is 19.9 Å². The number of rotatable bonds is 3. The summed E-state index contributed by atoms with van der Waals surface area (Å²) in [4.78, 5) is 50.7. The number of hydrogen-bond acceptors (Lipinski definition) is 4. The lowest BCUT2D eigenvalue weighted by Crippen LogP contribution is -2.26. The lowest BCUT2D eigenvalue weighted by atomic mass is 10.0. The minimum Gasteiger partial charge on any atom is -0.277 e. The first-order valence-electron chi connectivity index (χ1n) is 8.90. The topological polar surface area (TPSA) is 78.1 Å². The number of aromatic nitrogens is 2. The first kappa shape index (κ1) is 17.1. The Bertz CT molecular complexity index is 1330. The van der Waals surface area contributed by atoms with Crippen molar-refractivity contribution in [3.63, 3.8) is 0 Å². The zero-order valence-electron chi connectivity index (χ0n) is 15.3. The van der Waals surface area contributed by atoms with E-state index in [0.29, 0.717) is 18.5 Å². The highest BCUT2D eigenvalue weighted by molar-refractivity contribution is 5.98. The SMILES string of the molecule is CCc1cccc(CC)c1-n1c(=O)c2cc3c(=O)n(C)c(=O)c3cc2c1=O. The molecule has 0 saturated heterocycles. The van der Waals surface area contributed by atoms with Crippen molar-refractivity contribution in [2.45, 2.75) is 26.7 Å². The van der Waals surface area contributed by atoms with Crippen LogP contribution in [0.3, 0.4) is 0 Å². The van der Waals surface area contributed by atoms with Crippen molar-refractivity contribution in [3.05, 3.63) is 82.9 Å². The van der Waals surface area contributed by atoms with E-state index >= 15 is 0 Å². The van der Waals surface area contributed by atoms with Crippen molar-refractivity contribution in [2.75, 3.05) is 0 Å². The Morgan fingerprint density at radius 1 is 0.704 bits per heavy atom. The van der Waals surface area contributed by atoms with Crippen LogP contribution in [0.5, 0.6) is 0 Å². The zero-order chi connectivity index (χ0) is 19.5. The van der Waals surface area contributed by atoms with Crippen LogP contribution < -0.4 is 22.2 Å². The van der Waals surface area contributed by atoms with Crippen molar-refractivity contribution in [1.82, 2.24) is 9.13 Å². The van der Waals surface area contributed by atoms with E-state index in [2.05, 4.69) is 0 Å². The van der Waals surface area contributed by atoms with Gasteiger partial charge >= 0.3 is 0 Å². The molecule has 0 aliphatic rings. The molecule has 0 radical (unpaired) electrons. The lowest BCUT2D eigenvalue weighted by Gasteiger charge is -2.12. The second kappa shape index (κ2) is 5.87. The third kappa shape index (κ3) is 2.19. The highest BCUT2D eigenvalue weighted by Crippen LogP contribution is 2.21. The molecule has 0 aliphatic heterocycles. The fourth-order valence-corrected chi connectivity index (χ4v) is 3.80. The summed E-state index contributed by atoms with van der Waals surface area (Å²) in [5, 5.41) is 0.679. The maximum absolute atomic E-state index is 13.1. The fraction of sp³-hybridized carbons (Fsp3) is 0.238. The van der Waals surface area contributed by atoms with Crippen molar-refractivity contribution >= 4 is 21.5 Å². The van der Waals surface area contributed by atoms with E-state index in [-0.39, 0.29) is 21.5 Å². The molecular weight excluding hydrogens is 344 g/mol. The normalized spacial score (nSPS) is 11.7. The molecule has 0 amide bonds. The minimum absolute atomic E-state index is 0.170. The van der Waals surface area contributed by atoms with Gasteiger partial charge in [0, 0.05) is 7.05 Å². The van der Waals surface area contributed by atoms with Crippen molar-refractivity contribution in [2.24, 2.45) is 7.05 Å². The van der Waals surface area contributed by atoms with Crippen LogP contribution in [0.2, 0.25) is 0 Å². The smallest absolute Gasteiger partial charge is 0.266 e. The summed E-state index contributed by atoms with van der Waals surface area (Å²) in [7, 11) is 1.39. The summed E-state index contributed by atoms with van der Waals surface area (Å²) in [6, 6.07) is 8.49. The Labute approximate surface area is 153 Å². The minimum atomic E-state index is -0.459. The molecule has 0 unspecified atom stereocenters. The van der Waals surface area contributed by atoms with Gasteiger partial charge in [-0.2, -0.15) is 0 Å². The summed E-state index contributed by atoms with van der Waals surface area (Å²) in [6.07, 6.45) is 1.35. The predicted molar refractivity (Wildman–Crippen MR) is 106 cm³/mol. The molecule has 0 spiro atoms. The van der Waals surface area contributed by atoms with Crippen LogP contribution in [-0.4, -0.2) is 9.13 Å². The monoisotopic (exact) mass is 362 g/mol. The highest BCUT2D eigenvalue weighted by atomic mass is 16.2. The third-order valence-electron chi connectivity index (χ3n) is 5.28. The maximum atomic E-state index is 13.1. The van der Waals surface area contributed by atoms with Crippen molar-refractivity contribution < 1.29 is 0 Å². The molecule has 0 N–H and O–H groups in total. The van der Waals surface area contributed by atoms with Crippen LogP contribution in [0.4, 0.5) is 0 Å². The van der Waals surface area contributed by atoms with Gasteiger partial charge in [-0.25, -0.2) is 4.57 Å². The van der Waals surface area contributed by atoms with E-state index in [4.69, 9.17) is 0 Å². The number of benzene rings is 2. The molecule has 0 fully saturated rings. The average Bonchev–Trinajstić information content (AvgIpc) is 3.05. The van der Waals surface area contributed by atoms with E-state index in [1.165, 1.54) is 23.7 Å². The molecule has 0 saturated carbocycles. The Kier molecular flexibility index (Phi) is 3.73. The van der Waals surface area contributed by atoms with Crippen molar-refractivity contribution in [3.8, 4) is 5.69 Å². The number of aryl methyl sites for hydroxylation is 2. The van der Waals surface area contributed by atoms with Gasteiger partial charge in [-0.15, -0.1) is 0 Å². The molecule has 0 atom stereocenters. The second-order valence-corrected chi connectivity index (χ2v) is 6.69. The van der Waals surface area contributed by atoms with Crippen LogP contribution >= 0.6 is 0 Å². The maximum Gasteiger partial charge on any atom is 0.266 e. The summed E-state index contributed by atoms with van der Waals surface area (Å²) in [5.41, 5.74) is 0.598. The largest absolute Gasteiger partial charge is 0.277 e. The van der Waals surface area contributed by atoms with Gasteiger partial charge in [-0.05, 0) is 36.1 Å². The Hall–Kier alpha value is -3.28. The molecule has 0 aliphatic carbocycles. The number of nitrogens with zero attached hydrogens (tertiary/aromatic N) is 2. The second-order valence-electron chi connectivity index (χ2n) is 6.69. The third-order valence-corrected chi connectivity index (χ3v) is 5.28. The van der Waals surface area contributed by atoms with Crippen LogP contribution in [0.15, 0.2) is 49.5 Å². The Morgan fingerprint density at radius 3 is 1.52 bits per heavy atom. The summed E-state index contributed by atoms with van der Waals surface area (Å²) >= 11 is 0. The predicted octanol–water partition coefficient (Wildman–Crippen LogP) is 1.56. The zero-order valence-corrected chi connectivity index (χ0v) is 15.3. The number of hydrogen-bond donors (Lipinski definition) is 0. The molecule has 2 aromatic heterocycles. The van der Waals surface area contributed by atoms with Crippen molar-refractivity contribution in [1.29, 1.82) is 0 Å². The van der Waals surface area contributed by atoms with Gasteiger partial charge in [0.25, 0.3) is 22.2 Å². The van der Waals surface area contributed by atoms with E-state index in [1.54, 1.807) is 0 Å². The first-order valence-corrected chi connectivity index (χ1v) is 8.90. The summed E-state index contributed by atoms with van der Waals surface area (Å²) < 4.78 is 2.18. The van der Waals surface area contributed by atoms with Gasteiger partial charge in [0.05, 0.1) is 27.2 Å². The average molecular weight is 362 g/mol. The molecule has 6 heteroatoms. The van der Waals surface area contributed by atoms with Gasteiger partial charge in [-0.1, -0.05) is 32.0 Å². The van der Waals surface area contributed by atoms with Crippen LogP contribution in [0.1, 0.15) is 25.0 Å². The van der Waals surface area contributed by atoms with E-state index in [0.717, 1.165) is 15.7 Å². The molecular formula is C21H18N2O4. The molecule has 2 heterocycles. The lowest BCUT2D eigenvalue weighted by molar-refractivity contribution is 0.856. The fourth-order valence-electron chi connectivity index (χ4n) is 3.80. The van der Waals surface area contributed by atoms with E-state index in [1.807, 2.05) is 32.0 Å². The molecule has 4 rings (SSSR count). The highest BCUT2D eigenvalue weighted by Gasteiger charge is 2.21. The van der Waals surface area contributed by atoms with Gasteiger partial charge in [0.15, 0.2) is 0 Å². The number of para-hydroxylation sites is 1. The van der Waals surface area contributed by atoms with Crippen LogP contribution in [0, 0.1) is 0 Å². The quantitative estimate of drug-likeness (QED) is 0.554. The number of fused-ring (bicyclic) bond motifs is 2. The first-order chi connectivity index (χ1) is 12.9. The van der Waals surface area contributed by atoms with Gasteiger partial charge in [0.1, 0.15) is 0 Å². The summed E-state index contributed by atoms with van der Waals surface area (Å²) in [5.74, 6) is 0. The molecule has 136 valence electrons. The molecule has 27 heavy (non-hydrogen) atoms. The summed E-state index contributed by atoms with van der Waals surface area (Å²) in [6.45, 7) is 3.94. The standard InChI is InChI=1S/C21H18N2O4/c1-4-11-7-6-8-12(5-2)17(11)23-20(26)15-9-13-14(10-16(15)21(23)27)19(25)22(3)18(13)24/h6-10H,4-5H2,1-3H3. The van der Waals surface area contributed by atoms with Gasteiger partial charge < -0.3 is 0 Å². The van der Waals surface area contributed by atoms with Crippen LogP contribution in [0.25, 0.3) is 27.2 Å². The molecule has 2 aromatic carbocycles. The molecule has 0 bridgehead atoms. The molecule has 4 aromatic rings. The van der Waals surface area contributed by atoms with Gasteiger partial charge in [-0.3, -0.25) is 23.7 Å². The van der Waals surface area contributed by atoms with E-state index in [9.17, 15) is 19.2 Å². The van der Waals surface area contributed by atoms with Gasteiger partial charge in [0.2, 0.25) is 0 Å². The Balaban J connectivity index is 2.21. The molecule has 6 nitrogen and oxygen atoms in total.